The molecule has 2 N–H and O–H groups in total. The number of rotatable bonds is 4. The quantitative estimate of drug-likeness (QED) is 0.897. The van der Waals surface area contributed by atoms with E-state index in [0.29, 0.717) is 6.54 Å². The number of nitrogens with zero attached hydrogens (tertiary/aromatic N) is 1. The van der Waals surface area contributed by atoms with Crippen LogP contribution in [0.4, 0.5) is 5.69 Å². The van der Waals surface area contributed by atoms with Crippen LogP contribution in [-0.4, -0.2) is 7.05 Å². The van der Waals surface area contributed by atoms with Gasteiger partial charge in [-0.3, -0.25) is 0 Å². The van der Waals surface area contributed by atoms with Crippen molar-refractivity contribution >= 4 is 44.6 Å². The molecule has 0 radical (unpaired) electrons. The molecule has 0 saturated carbocycles. The van der Waals surface area contributed by atoms with E-state index in [2.05, 4.69) is 46.1 Å². The number of benzene rings is 1. The Morgan fingerprint density at radius 2 is 2.11 bits per heavy atom. The van der Waals surface area contributed by atoms with E-state index in [1.54, 1.807) is 11.3 Å². The topological polar surface area (TPSA) is 29.3 Å². The zero-order valence-corrected chi connectivity index (χ0v) is 13.1. The maximum Gasteiger partial charge on any atom is 0.0931 e. The number of anilines is 1. The Hall–Kier alpha value is -0.550. The van der Waals surface area contributed by atoms with Crippen molar-refractivity contribution in [2.24, 2.45) is 5.73 Å². The highest BCUT2D eigenvalue weighted by molar-refractivity contribution is 9.10. The van der Waals surface area contributed by atoms with E-state index < -0.39 is 0 Å². The number of thiophene rings is 1. The van der Waals surface area contributed by atoms with Gasteiger partial charge in [-0.05, 0) is 29.8 Å². The summed E-state index contributed by atoms with van der Waals surface area (Å²) in [5.74, 6) is 0. The fourth-order valence-corrected chi connectivity index (χ4v) is 3.31. The van der Waals surface area contributed by atoms with Crippen LogP contribution in [-0.2, 0) is 13.1 Å². The minimum absolute atomic E-state index is 0.540. The second-order valence-electron chi connectivity index (χ2n) is 4.04. The van der Waals surface area contributed by atoms with Gasteiger partial charge in [-0.25, -0.2) is 0 Å². The van der Waals surface area contributed by atoms with E-state index in [1.165, 1.54) is 4.88 Å². The molecular formula is C13H14BrClN2S. The molecule has 0 saturated heterocycles. The first-order chi connectivity index (χ1) is 8.60. The van der Waals surface area contributed by atoms with E-state index in [-0.39, 0.29) is 0 Å². The van der Waals surface area contributed by atoms with Crippen molar-refractivity contribution in [3.63, 3.8) is 0 Å². The van der Waals surface area contributed by atoms with Crippen molar-refractivity contribution in [1.82, 2.24) is 0 Å². The molecule has 2 nitrogen and oxygen atoms in total. The number of hydrogen-bond donors (Lipinski definition) is 1. The van der Waals surface area contributed by atoms with Gasteiger partial charge in [-0.1, -0.05) is 33.6 Å². The first-order valence-electron chi connectivity index (χ1n) is 5.54. The minimum atomic E-state index is 0.540. The predicted octanol–water partition coefficient (Wildman–Crippen LogP) is 4.26. The maximum atomic E-state index is 5.95. The molecule has 18 heavy (non-hydrogen) atoms. The number of nitrogens with two attached hydrogens (primary N) is 1. The van der Waals surface area contributed by atoms with Gasteiger partial charge in [0.15, 0.2) is 0 Å². The molecule has 1 aromatic carbocycles. The van der Waals surface area contributed by atoms with E-state index in [9.17, 15) is 0 Å². The lowest BCUT2D eigenvalue weighted by Crippen LogP contribution is -2.18. The van der Waals surface area contributed by atoms with Crippen LogP contribution >= 0.6 is 38.9 Å². The molecule has 5 heteroatoms. The Morgan fingerprint density at radius 3 is 2.72 bits per heavy atom. The van der Waals surface area contributed by atoms with Gasteiger partial charge in [0.1, 0.15) is 0 Å². The molecule has 0 unspecified atom stereocenters. The number of hydrogen-bond acceptors (Lipinski definition) is 3. The Kier molecular flexibility index (Phi) is 4.67. The van der Waals surface area contributed by atoms with Crippen LogP contribution in [0.2, 0.25) is 4.34 Å². The molecule has 2 aromatic rings. The molecule has 96 valence electrons. The minimum Gasteiger partial charge on any atom is -0.369 e. The van der Waals surface area contributed by atoms with E-state index in [0.717, 1.165) is 26.6 Å². The van der Waals surface area contributed by atoms with Gasteiger partial charge in [-0.2, -0.15) is 0 Å². The molecule has 1 aromatic heterocycles. The van der Waals surface area contributed by atoms with Crippen LogP contribution in [0.3, 0.4) is 0 Å². The van der Waals surface area contributed by atoms with E-state index in [4.69, 9.17) is 17.3 Å². The van der Waals surface area contributed by atoms with Gasteiger partial charge in [0.25, 0.3) is 0 Å². The summed E-state index contributed by atoms with van der Waals surface area (Å²) in [6.07, 6.45) is 0. The van der Waals surface area contributed by atoms with Gasteiger partial charge in [-0.15, -0.1) is 11.3 Å². The highest BCUT2D eigenvalue weighted by Crippen LogP contribution is 2.28. The average molecular weight is 346 g/mol. The third-order valence-corrected chi connectivity index (χ3v) is 4.41. The second-order valence-corrected chi connectivity index (χ2v) is 6.75. The molecule has 1 heterocycles. The highest BCUT2D eigenvalue weighted by atomic mass is 79.9. The summed E-state index contributed by atoms with van der Waals surface area (Å²) in [6, 6.07) is 10.2. The fourth-order valence-electron chi connectivity index (χ4n) is 1.82. The third kappa shape index (κ3) is 3.26. The smallest absolute Gasteiger partial charge is 0.0931 e. The molecule has 0 bridgehead atoms. The van der Waals surface area contributed by atoms with Gasteiger partial charge in [0.2, 0.25) is 0 Å². The van der Waals surface area contributed by atoms with Crippen LogP contribution < -0.4 is 10.6 Å². The van der Waals surface area contributed by atoms with Crippen LogP contribution in [0.15, 0.2) is 34.8 Å². The number of halogens is 2. The average Bonchev–Trinajstić information content (AvgIpc) is 2.74. The highest BCUT2D eigenvalue weighted by Gasteiger charge is 2.09. The molecule has 0 atom stereocenters. The fraction of sp³-hybridized carbons (Fsp3) is 0.231. The summed E-state index contributed by atoms with van der Waals surface area (Å²) in [7, 11) is 2.06. The molecule has 2 rings (SSSR count). The normalized spacial score (nSPS) is 10.7. The van der Waals surface area contributed by atoms with Crippen molar-refractivity contribution in [3.8, 4) is 0 Å². The summed E-state index contributed by atoms with van der Waals surface area (Å²) in [4.78, 5) is 3.43. The standard InChI is InChI=1S/C13H14BrClN2S/c1-17(8-11-4-5-13(15)18-11)12-6-10(14)3-2-9(12)7-16/h2-6H,7-8,16H2,1H3. The molecule has 0 aliphatic carbocycles. The molecule has 0 spiro atoms. The Labute approximate surface area is 124 Å². The van der Waals surface area contributed by atoms with Gasteiger partial charge in [0, 0.05) is 28.6 Å². The van der Waals surface area contributed by atoms with Crippen molar-refractivity contribution < 1.29 is 0 Å². The summed E-state index contributed by atoms with van der Waals surface area (Å²) in [5.41, 5.74) is 8.07. The lowest BCUT2D eigenvalue weighted by atomic mass is 10.1. The van der Waals surface area contributed by atoms with Crippen molar-refractivity contribution in [1.29, 1.82) is 0 Å². The molecule has 0 aliphatic heterocycles. The maximum absolute atomic E-state index is 5.95. The van der Waals surface area contributed by atoms with Crippen molar-refractivity contribution in [2.45, 2.75) is 13.1 Å². The Morgan fingerprint density at radius 1 is 1.33 bits per heavy atom. The van der Waals surface area contributed by atoms with Gasteiger partial charge in [0.05, 0.1) is 10.9 Å². The summed E-state index contributed by atoms with van der Waals surface area (Å²) >= 11 is 11.1. The monoisotopic (exact) mass is 344 g/mol. The van der Waals surface area contributed by atoms with E-state index >= 15 is 0 Å². The van der Waals surface area contributed by atoms with Crippen molar-refractivity contribution in [2.75, 3.05) is 11.9 Å². The lowest BCUT2D eigenvalue weighted by Gasteiger charge is -2.21. The van der Waals surface area contributed by atoms with Crippen LogP contribution in [0.5, 0.6) is 0 Å². The van der Waals surface area contributed by atoms with Crippen LogP contribution in [0, 0.1) is 0 Å². The second kappa shape index (κ2) is 6.06. The van der Waals surface area contributed by atoms with Crippen molar-refractivity contribution in [3.05, 3.63) is 49.6 Å². The largest absolute Gasteiger partial charge is 0.369 e. The molecular weight excluding hydrogens is 332 g/mol. The summed E-state index contributed by atoms with van der Waals surface area (Å²) in [6.45, 7) is 1.37. The predicted molar refractivity (Wildman–Crippen MR) is 83.5 cm³/mol. The molecule has 0 amide bonds. The summed E-state index contributed by atoms with van der Waals surface area (Å²) in [5, 5.41) is 0. The van der Waals surface area contributed by atoms with Crippen LogP contribution in [0.1, 0.15) is 10.4 Å². The summed E-state index contributed by atoms with van der Waals surface area (Å²) < 4.78 is 1.89. The van der Waals surface area contributed by atoms with Gasteiger partial charge < -0.3 is 10.6 Å². The third-order valence-electron chi connectivity index (χ3n) is 2.70. The Bertz CT molecular complexity index is 542. The lowest BCUT2D eigenvalue weighted by molar-refractivity contribution is 0.917. The van der Waals surface area contributed by atoms with Gasteiger partial charge >= 0.3 is 0 Å². The first kappa shape index (κ1) is 13.9. The zero-order chi connectivity index (χ0) is 13.1. The van der Waals surface area contributed by atoms with Crippen LogP contribution in [0.25, 0.3) is 0 Å². The zero-order valence-electron chi connectivity index (χ0n) is 9.99. The molecule has 0 aliphatic rings. The Balaban J connectivity index is 2.22. The van der Waals surface area contributed by atoms with E-state index in [1.807, 2.05) is 12.1 Å². The SMILES string of the molecule is CN(Cc1ccc(Cl)s1)c1cc(Br)ccc1CN. The molecule has 0 fully saturated rings. The first-order valence-corrected chi connectivity index (χ1v) is 7.52.